The van der Waals surface area contributed by atoms with Crippen LogP contribution in [-0.4, -0.2) is 25.8 Å². The summed E-state index contributed by atoms with van der Waals surface area (Å²) in [5.74, 6) is 0.546. The minimum absolute atomic E-state index is 0.00611. The Labute approximate surface area is 133 Å². The fourth-order valence-corrected chi connectivity index (χ4v) is 3.98. The zero-order chi connectivity index (χ0) is 16.0. The van der Waals surface area contributed by atoms with Crippen LogP contribution >= 0.6 is 0 Å². The molecular formula is C16H14N2O4S. The predicted molar refractivity (Wildman–Crippen MR) is 83.3 cm³/mol. The van der Waals surface area contributed by atoms with Crippen molar-refractivity contribution in [2.75, 3.05) is 11.3 Å². The number of aryl methyl sites for hydroxylation is 1. The fraction of sp³-hybridized carbons (Fsp3) is 0.250. The molecule has 0 atom stereocenters. The van der Waals surface area contributed by atoms with Crippen molar-refractivity contribution in [2.45, 2.75) is 24.2 Å². The largest absolute Gasteiger partial charge is 0.477 e. The molecule has 0 radical (unpaired) electrons. The van der Waals surface area contributed by atoms with E-state index in [1.165, 1.54) is 18.3 Å². The molecule has 0 bridgehead atoms. The predicted octanol–water partition coefficient (Wildman–Crippen LogP) is 1.95. The van der Waals surface area contributed by atoms with Crippen LogP contribution in [0.4, 0.5) is 5.69 Å². The second-order valence-electron chi connectivity index (χ2n) is 5.63. The Hall–Kier alpha value is -2.41. The van der Waals surface area contributed by atoms with Crippen LogP contribution in [0.3, 0.4) is 0 Å². The molecule has 0 fully saturated rings. The van der Waals surface area contributed by atoms with Gasteiger partial charge in [0.15, 0.2) is 5.78 Å². The number of carbonyl (C=O) groups excluding carboxylic acids is 1. The molecule has 1 aromatic heterocycles. The summed E-state index contributed by atoms with van der Waals surface area (Å²) in [7, 11) is -3.76. The van der Waals surface area contributed by atoms with E-state index in [4.69, 9.17) is 4.74 Å². The molecule has 0 spiro atoms. The summed E-state index contributed by atoms with van der Waals surface area (Å²) in [5, 5.41) is 0. The molecule has 0 unspecified atom stereocenters. The van der Waals surface area contributed by atoms with Crippen LogP contribution in [0.15, 0.2) is 35.4 Å². The highest BCUT2D eigenvalue weighted by molar-refractivity contribution is 7.92. The lowest BCUT2D eigenvalue weighted by Crippen LogP contribution is -2.14. The van der Waals surface area contributed by atoms with Crippen LogP contribution in [0.1, 0.15) is 27.9 Å². The number of rotatable bonds is 3. The van der Waals surface area contributed by atoms with Crippen molar-refractivity contribution >= 4 is 21.5 Å². The van der Waals surface area contributed by atoms with Gasteiger partial charge < -0.3 is 4.74 Å². The molecular weight excluding hydrogens is 316 g/mol. The van der Waals surface area contributed by atoms with Gasteiger partial charge in [0.25, 0.3) is 10.0 Å². The highest BCUT2D eigenvalue weighted by Gasteiger charge is 2.24. The second kappa shape index (κ2) is 5.06. The molecule has 118 valence electrons. The number of aromatic nitrogens is 1. The Morgan fingerprint density at radius 2 is 1.96 bits per heavy atom. The molecule has 0 saturated heterocycles. The summed E-state index contributed by atoms with van der Waals surface area (Å²) in [6, 6.07) is 6.43. The lowest BCUT2D eigenvalue weighted by molar-refractivity contribution is 0.0994. The Kier molecular flexibility index (Phi) is 3.12. The van der Waals surface area contributed by atoms with Crippen molar-refractivity contribution in [1.29, 1.82) is 0 Å². The van der Waals surface area contributed by atoms with Crippen LogP contribution in [0.25, 0.3) is 0 Å². The van der Waals surface area contributed by atoms with E-state index in [2.05, 4.69) is 9.71 Å². The monoisotopic (exact) mass is 330 g/mol. The van der Waals surface area contributed by atoms with Gasteiger partial charge in [-0.15, -0.1) is 0 Å². The minimum atomic E-state index is -3.76. The third-order valence-electron chi connectivity index (χ3n) is 4.10. The van der Waals surface area contributed by atoms with Crippen LogP contribution in [-0.2, 0) is 22.9 Å². The maximum Gasteiger partial charge on any atom is 0.261 e. The molecule has 2 heterocycles. The number of nitrogens with one attached hydrogen (secondary N) is 1. The van der Waals surface area contributed by atoms with Crippen LogP contribution in [0.5, 0.6) is 5.88 Å². The van der Waals surface area contributed by atoms with E-state index < -0.39 is 10.0 Å². The molecule has 2 aliphatic rings. The summed E-state index contributed by atoms with van der Waals surface area (Å²) < 4.78 is 32.9. The summed E-state index contributed by atoms with van der Waals surface area (Å²) >= 11 is 0. The van der Waals surface area contributed by atoms with Gasteiger partial charge in [-0.25, -0.2) is 13.4 Å². The van der Waals surface area contributed by atoms with Crippen LogP contribution in [0, 0.1) is 0 Å². The first-order valence-electron chi connectivity index (χ1n) is 7.34. The molecule has 1 aliphatic heterocycles. The number of nitrogens with zero attached hydrogens (tertiary/aromatic N) is 1. The van der Waals surface area contributed by atoms with E-state index in [0.29, 0.717) is 43.0 Å². The first kappa shape index (κ1) is 14.2. The van der Waals surface area contributed by atoms with Crippen molar-refractivity contribution in [3.05, 3.63) is 47.2 Å². The number of sulfonamides is 1. The fourth-order valence-electron chi connectivity index (χ4n) is 2.92. The molecule has 0 saturated carbocycles. The Morgan fingerprint density at radius 3 is 2.83 bits per heavy atom. The number of benzene rings is 1. The van der Waals surface area contributed by atoms with Crippen LogP contribution < -0.4 is 9.46 Å². The molecule has 2 aromatic rings. The molecule has 0 amide bonds. The van der Waals surface area contributed by atoms with E-state index in [9.17, 15) is 13.2 Å². The van der Waals surface area contributed by atoms with Crippen molar-refractivity contribution in [3.8, 4) is 5.88 Å². The van der Waals surface area contributed by atoms with Gasteiger partial charge >= 0.3 is 0 Å². The number of pyridine rings is 1. The maximum absolute atomic E-state index is 12.5. The molecule has 23 heavy (non-hydrogen) atoms. The van der Waals surface area contributed by atoms with Gasteiger partial charge in [0, 0.05) is 24.0 Å². The third-order valence-corrected chi connectivity index (χ3v) is 5.48. The topological polar surface area (TPSA) is 85.4 Å². The molecule has 1 N–H and O–H groups in total. The average molecular weight is 330 g/mol. The first-order valence-corrected chi connectivity index (χ1v) is 8.82. The molecule has 6 nitrogen and oxygen atoms in total. The normalized spacial score (nSPS) is 15.9. The zero-order valence-electron chi connectivity index (χ0n) is 12.2. The highest BCUT2D eigenvalue weighted by Crippen LogP contribution is 2.28. The standard InChI is InChI=1S/C16H14N2O4S/c19-15-4-2-10-1-3-13(8-14(10)15)23(20,21)18-12-7-11-5-6-22-16(11)17-9-12/h1,3,7-9,18H,2,4-6H2. The number of ketones is 1. The third kappa shape index (κ3) is 2.46. The van der Waals surface area contributed by atoms with E-state index in [-0.39, 0.29) is 10.7 Å². The Bertz CT molecular complexity index is 922. The Morgan fingerprint density at radius 1 is 1.09 bits per heavy atom. The smallest absolute Gasteiger partial charge is 0.261 e. The lowest BCUT2D eigenvalue weighted by Gasteiger charge is -2.10. The van der Waals surface area contributed by atoms with Gasteiger partial charge in [0.1, 0.15) is 0 Å². The van der Waals surface area contributed by atoms with Gasteiger partial charge in [0.05, 0.1) is 23.4 Å². The summed E-state index contributed by atoms with van der Waals surface area (Å²) in [5.41, 5.74) is 2.69. The first-order chi connectivity index (χ1) is 11.0. The summed E-state index contributed by atoms with van der Waals surface area (Å²) in [4.78, 5) is 16.0. The number of ether oxygens (including phenoxy) is 1. The molecule has 7 heteroatoms. The van der Waals surface area contributed by atoms with Gasteiger partial charge in [-0.2, -0.15) is 0 Å². The molecule has 1 aliphatic carbocycles. The van der Waals surface area contributed by atoms with Gasteiger partial charge in [0.2, 0.25) is 5.88 Å². The van der Waals surface area contributed by atoms with E-state index in [1.807, 2.05) is 0 Å². The van der Waals surface area contributed by atoms with Crippen molar-refractivity contribution in [1.82, 2.24) is 4.98 Å². The van der Waals surface area contributed by atoms with Gasteiger partial charge in [-0.1, -0.05) is 6.07 Å². The van der Waals surface area contributed by atoms with E-state index in [0.717, 1.165) is 11.1 Å². The number of hydrogen-bond acceptors (Lipinski definition) is 5. The number of carbonyl (C=O) groups is 1. The summed E-state index contributed by atoms with van der Waals surface area (Å²) in [6.45, 7) is 0.561. The highest BCUT2D eigenvalue weighted by atomic mass is 32.2. The number of hydrogen-bond donors (Lipinski definition) is 1. The Balaban J connectivity index is 1.66. The second-order valence-corrected chi connectivity index (χ2v) is 7.32. The summed E-state index contributed by atoms with van der Waals surface area (Å²) in [6.07, 6.45) is 3.27. The number of anilines is 1. The molecule has 4 rings (SSSR count). The number of fused-ring (bicyclic) bond motifs is 2. The average Bonchev–Trinajstić information content (AvgIpc) is 3.13. The van der Waals surface area contributed by atoms with Crippen molar-refractivity contribution in [3.63, 3.8) is 0 Å². The molecule has 1 aromatic carbocycles. The van der Waals surface area contributed by atoms with Gasteiger partial charge in [-0.3, -0.25) is 9.52 Å². The van der Waals surface area contributed by atoms with E-state index >= 15 is 0 Å². The number of Topliss-reactive ketones (excluding diaryl/α,β-unsaturated/α-hetero) is 1. The van der Waals surface area contributed by atoms with Gasteiger partial charge in [-0.05, 0) is 30.2 Å². The zero-order valence-corrected chi connectivity index (χ0v) is 13.0. The van der Waals surface area contributed by atoms with Crippen molar-refractivity contribution < 1.29 is 17.9 Å². The SMILES string of the molecule is O=C1CCc2ccc(S(=O)(=O)Nc3cnc4c(c3)CCO4)cc21. The quantitative estimate of drug-likeness (QED) is 0.929. The van der Waals surface area contributed by atoms with E-state index in [1.54, 1.807) is 12.1 Å². The van der Waals surface area contributed by atoms with Crippen molar-refractivity contribution in [2.24, 2.45) is 0 Å². The maximum atomic E-state index is 12.5. The lowest BCUT2D eigenvalue weighted by atomic mass is 10.1. The van der Waals surface area contributed by atoms with Crippen LogP contribution in [0.2, 0.25) is 0 Å². The minimum Gasteiger partial charge on any atom is -0.477 e.